The van der Waals surface area contributed by atoms with Crippen LogP contribution in [0.5, 0.6) is 0 Å². The summed E-state index contributed by atoms with van der Waals surface area (Å²) in [6.45, 7) is 2.43. The first-order valence-corrected chi connectivity index (χ1v) is 8.32. The summed E-state index contributed by atoms with van der Waals surface area (Å²) in [6.07, 6.45) is -1.10. The molecule has 4 rings (SSSR count). The zero-order valence-corrected chi connectivity index (χ0v) is 14.4. The van der Waals surface area contributed by atoms with Crippen molar-refractivity contribution in [3.8, 4) is 17.2 Å². The first kappa shape index (κ1) is 16.8. The van der Waals surface area contributed by atoms with Crippen molar-refractivity contribution in [2.24, 2.45) is 0 Å². The van der Waals surface area contributed by atoms with Crippen LogP contribution in [0, 0.1) is 24.1 Å². The molecule has 1 aliphatic rings. The summed E-state index contributed by atoms with van der Waals surface area (Å²) in [5.74, 6) is -0.563. The molecule has 136 valence electrons. The largest absolute Gasteiger partial charge is 0.465 e. The number of anilines is 1. The average Bonchev–Trinajstić information content (AvgIpc) is 3.04. The Kier molecular flexibility index (Phi) is 3.92. The van der Waals surface area contributed by atoms with E-state index < -0.39 is 11.9 Å². The Hall–Kier alpha value is -3.60. The fourth-order valence-corrected chi connectivity index (χ4v) is 3.33. The number of oxazole rings is 1. The number of fused-ring (bicyclic) bond motifs is 1. The second-order valence-corrected chi connectivity index (χ2v) is 6.39. The molecule has 8 heteroatoms. The van der Waals surface area contributed by atoms with Crippen molar-refractivity contribution in [3.63, 3.8) is 0 Å². The molecule has 27 heavy (non-hydrogen) atoms. The summed E-state index contributed by atoms with van der Waals surface area (Å²) in [4.78, 5) is 16.7. The molecule has 0 bridgehead atoms. The van der Waals surface area contributed by atoms with Crippen molar-refractivity contribution in [1.82, 2.24) is 10.3 Å². The smallest absolute Gasteiger partial charge is 0.405 e. The second kappa shape index (κ2) is 6.29. The van der Waals surface area contributed by atoms with Gasteiger partial charge in [-0.1, -0.05) is 30.3 Å². The standard InChI is InChI=1S/C19H15FN4O3/c1-10-13(7-21)16-17(15(20)14(10)11-5-3-2-4-6-11)27-18(23-16)24-8-12(9-24)22-19(25)26/h2-6,12,22H,8-9H2,1H3,(H,25,26). The van der Waals surface area contributed by atoms with Gasteiger partial charge in [-0.05, 0) is 18.1 Å². The van der Waals surface area contributed by atoms with Gasteiger partial charge >= 0.3 is 6.09 Å². The minimum absolute atomic E-state index is 0.0688. The third-order valence-corrected chi connectivity index (χ3v) is 4.68. The van der Waals surface area contributed by atoms with Crippen molar-refractivity contribution in [1.29, 1.82) is 5.26 Å². The SMILES string of the molecule is Cc1c(-c2ccccc2)c(F)c2oc(N3CC(NC(=O)O)C3)nc2c1C#N. The van der Waals surface area contributed by atoms with Gasteiger partial charge < -0.3 is 19.7 Å². The highest BCUT2D eigenvalue weighted by Gasteiger charge is 2.33. The van der Waals surface area contributed by atoms with E-state index in [1.54, 1.807) is 36.1 Å². The molecule has 1 fully saturated rings. The number of carbonyl (C=O) groups is 1. The predicted molar refractivity (Wildman–Crippen MR) is 96.0 cm³/mol. The van der Waals surface area contributed by atoms with Crippen molar-refractivity contribution in [3.05, 3.63) is 47.3 Å². The Morgan fingerprint density at radius 1 is 1.41 bits per heavy atom. The molecule has 2 aromatic carbocycles. The fraction of sp³-hybridized carbons (Fsp3) is 0.211. The van der Waals surface area contributed by atoms with E-state index in [1.807, 2.05) is 6.07 Å². The van der Waals surface area contributed by atoms with Crippen molar-refractivity contribution >= 4 is 23.2 Å². The minimum atomic E-state index is -1.10. The number of amides is 1. The number of rotatable bonds is 3. The van der Waals surface area contributed by atoms with Gasteiger partial charge in [-0.3, -0.25) is 0 Å². The van der Waals surface area contributed by atoms with Crippen LogP contribution in [0.25, 0.3) is 22.2 Å². The quantitative estimate of drug-likeness (QED) is 0.737. The molecular formula is C19H15FN4O3. The molecule has 1 saturated heterocycles. The van der Waals surface area contributed by atoms with Gasteiger partial charge in [0.25, 0.3) is 6.01 Å². The first-order valence-electron chi connectivity index (χ1n) is 8.32. The van der Waals surface area contributed by atoms with Gasteiger partial charge in [0, 0.05) is 18.7 Å². The van der Waals surface area contributed by atoms with E-state index in [0.29, 0.717) is 29.8 Å². The highest BCUT2D eigenvalue weighted by Crippen LogP contribution is 2.37. The van der Waals surface area contributed by atoms with Crippen LogP contribution in [0.4, 0.5) is 15.2 Å². The summed E-state index contributed by atoms with van der Waals surface area (Å²) in [5.41, 5.74) is 1.84. The van der Waals surface area contributed by atoms with Crippen LogP contribution in [0.2, 0.25) is 0 Å². The molecule has 2 N–H and O–H groups in total. The molecule has 0 spiro atoms. The molecule has 7 nitrogen and oxygen atoms in total. The number of aromatic nitrogens is 1. The number of carboxylic acid groups (broad SMARTS) is 1. The topological polar surface area (TPSA) is 102 Å². The molecular weight excluding hydrogens is 351 g/mol. The number of hydrogen-bond acceptors (Lipinski definition) is 5. The zero-order chi connectivity index (χ0) is 19.1. The third kappa shape index (κ3) is 2.73. The highest BCUT2D eigenvalue weighted by atomic mass is 19.1. The molecule has 0 saturated carbocycles. The number of halogens is 1. The Balaban J connectivity index is 1.79. The minimum Gasteiger partial charge on any atom is -0.465 e. The molecule has 0 aliphatic carbocycles. The zero-order valence-electron chi connectivity index (χ0n) is 14.4. The third-order valence-electron chi connectivity index (χ3n) is 4.68. The molecule has 0 atom stereocenters. The van der Waals surface area contributed by atoms with Gasteiger partial charge in [-0.25, -0.2) is 9.18 Å². The fourth-order valence-electron chi connectivity index (χ4n) is 3.33. The van der Waals surface area contributed by atoms with Crippen LogP contribution in [0.15, 0.2) is 34.7 Å². The summed E-state index contributed by atoms with van der Waals surface area (Å²) in [7, 11) is 0. The van der Waals surface area contributed by atoms with Gasteiger partial charge in [0.15, 0.2) is 11.4 Å². The average molecular weight is 366 g/mol. The Labute approximate surface area is 153 Å². The molecule has 2 heterocycles. The lowest BCUT2D eigenvalue weighted by Gasteiger charge is -2.37. The summed E-state index contributed by atoms with van der Waals surface area (Å²) < 4.78 is 20.9. The van der Waals surface area contributed by atoms with Crippen LogP contribution in [-0.4, -0.2) is 35.3 Å². The Morgan fingerprint density at radius 2 is 2.11 bits per heavy atom. The van der Waals surface area contributed by atoms with Crippen molar-refractivity contribution in [2.45, 2.75) is 13.0 Å². The van der Waals surface area contributed by atoms with Gasteiger partial charge in [0.2, 0.25) is 0 Å². The predicted octanol–water partition coefficient (Wildman–Crippen LogP) is 3.27. The highest BCUT2D eigenvalue weighted by molar-refractivity contribution is 5.90. The van der Waals surface area contributed by atoms with Crippen LogP contribution >= 0.6 is 0 Å². The molecule has 0 unspecified atom stereocenters. The first-order chi connectivity index (χ1) is 13.0. The van der Waals surface area contributed by atoms with Gasteiger partial charge in [-0.15, -0.1) is 0 Å². The van der Waals surface area contributed by atoms with Crippen molar-refractivity contribution < 1.29 is 18.7 Å². The van der Waals surface area contributed by atoms with E-state index in [9.17, 15) is 10.1 Å². The maximum absolute atomic E-state index is 15.2. The van der Waals surface area contributed by atoms with Crippen molar-refractivity contribution in [2.75, 3.05) is 18.0 Å². The maximum atomic E-state index is 15.2. The van der Waals surface area contributed by atoms with Crippen LogP contribution < -0.4 is 10.2 Å². The second-order valence-electron chi connectivity index (χ2n) is 6.39. The van der Waals surface area contributed by atoms with Crippen LogP contribution in [0.1, 0.15) is 11.1 Å². The molecule has 3 aromatic rings. The number of nitrogens with one attached hydrogen (secondary N) is 1. The van der Waals surface area contributed by atoms with E-state index in [2.05, 4.69) is 16.4 Å². The van der Waals surface area contributed by atoms with E-state index in [4.69, 9.17) is 9.52 Å². The van der Waals surface area contributed by atoms with E-state index in [0.717, 1.165) is 0 Å². The van der Waals surface area contributed by atoms with E-state index >= 15 is 4.39 Å². The lowest BCUT2D eigenvalue weighted by atomic mass is 9.95. The Morgan fingerprint density at radius 3 is 2.74 bits per heavy atom. The number of nitriles is 1. The number of hydrogen-bond donors (Lipinski definition) is 2. The maximum Gasteiger partial charge on any atom is 0.405 e. The van der Waals surface area contributed by atoms with Gasteiger partial charge in [0.1, 0.15) is 11.6 Å². The summed E-state index contributed by atoms with van der Waals surface area (Å²) in [6, 6.07) is 11.0. The van der Waals surface area contributed by atoms with Gasteiger partial charge in [-0.2, -0.15) is 10.2 Å². The van der Waals surface area contributed by atoms with Crippen LogP contribution in [0.3, 0.4) is 0 Å². The molecule has 0 radical (unpaired) electrons. The molecule has 1 amide bonds. The lowest BCUT2D eigenvalue weighted by molar-refractivity contribution is 0.186. The molecule has 1 aromatic heterocycles. The normalized spacial score (nSPS) is 14.0. The Bertz CT molecular complexity index is 1080. The van der Waals surface area contributed by atoms with Crippen LogP contribution in [-0.2, 0) is 0 Å². The number of benzene rings is 2. The van der Waals surface area contributed by atoms with Gasteiger partial charge in [0.05, 0.1) is 11.6 Å². The molecule has 1 aliphatic heterocycles. The number of nitrogens with zero attached hydrogens (tertiary/aromatic N) is 3. The monoisotopic (exact) mass is 366 g/mol. The summed E-state index contributed by atoms with van der Waals surface area (Å²) in [5, 5.41) is 20.7. The van der Waals surface area contributed by atoms with E-state index in [1.165, 1.54) is 0 Å². The lowest BCUT2D eigenvalue weighted by Crippen LogP contribution is -2.59. The summed E-state index contributed by atoms with van der Waals surface area (Å²) >= 11 is 0. The van der Waals surface area contributed by atoms with E-state index in [-0.39, 0.29) is 28.7 Å².